The molecule has 36 heavy (non-hydrogen) atoms. The molecule has 4 aromatic rings. The highest BCUT2D eigenvalue weighted by Crippen LogP contribution is 2.34. The fraction of sp³-hybridized carbons (Fsp3) is 0.407. The number of rotatable bonds is 5. The maximum absolute atomic E-state index is 10.8. The number of hydrogen-bond donors (Lipinski definition) is 1. The van der Waals surface area contributed by atoms with Gasteiger partial charge in [0, 0.05) is 56.4 Å². The maximum atomic E-state index is 10.8. The minimum Gasteiger partial charge on any atom is -0.507 e. The third-order valence-corrected chi connectivity index (χ3v) is 7.34. The van der Waals surface area contributed by atoms with Gasteiger partial charge in [-0.1, -0.05) is 13.0 Å². The largest absolute Gasteiger partial charge is 0.507 e. The molecule has 9 heteroatoms. The van der Waals surface area contributed by atoms with Crippen LogP contribution in [0.5, 0.6) is 5.75 Å². The van der Waals surface area contributed by atoms with Crippen LogP contribution in [0.1, 0.15) is 36.9 Å². The highest BCUT2D eigenvalue weighted by Gasteiger charge is 2.34. The first-order valence-electron chi connectivity index (χ1n) is 12.4. The molecule has 0 spiro atoms. The molecule has 8 nitrogen and oxygen atoms in total. The van der Waals surface area contributed by atoms with Crippen molar-refractivity contribution in [3.63, 3.8) is 0 Å². The van der Waals surface area contributed by atoms with E-state index in [0.29, 0.717) is 23.2 Å². The van der Waals surface area contributed by atoms with Crippen molar-refractivity contribution >= 4 is 23.4 Å². The van der Waals surface area contributed by atoms with Gasteiger partial charge in [0.25, 0.3) is 0 Å². The fourth-order valence-corrected chi connectivity index (χ4v) is 5.26. The second kappa shape index (κ2) is 10.1. The predicted octanol–water partition coefficient (Wildman–Crippen LogP) is 4.36. The van der Waals surface area contributed by atoms with Gasteiger partial charge in [0.1, 0.15) is 16.8 Å². The number of pyridine rings is 1. The van der Waals surface area contributed by atoms with E-state index < -0.39 is 0 Å². The Kier molecular flexibility index (Phi) is 6.92. The quantitative estimate of drug-likeness (QED) is 0.430. The molecule has 2 aliphatic heterocycles. The normalized spacial score (nSPS) is 17.2. The molecule has 2 saturated heterocycles. The molecule has 0 atom stereocenters. The molecule has 2 aliphatic rings. The van der Waals surface area contributed by atoms with Crippen LogP contribution in [0, 0.1) is 0 Å². The van der Waals surface area contributed by atoms with E-state index in [1.165, 1.54) is 0 Å². The summed E-state index contributed by atoms with van der Waals surface area (Å²) in [6, 6.07) is 12.3. The number of phenolic OH excluding ortho intramolecular Hbond substituents is 1. The first-order valence-corrected chi connectivity index (χ1v) is 12.4. The summed E-state index contributed by atoms with van der Waals surface area (Å²) in [5, 5.41) is 24.3. The lowest BCUT2D eigenvalue weighted by molar-refractivity contribution is 0.000892. The average molecular weight is 507 g/mol. The van der Waals surface area contributed by atoms with E-state index in [4.69, 9.17) is 9.72 Å². The second-order valence-corrected chi connectivity index (χ2v) is 9.63. The van der Waals surface area contributed by atoms with Crippen LogP contribution in [-0.2, 0) is 18.2 Å². The lowest BCUT2D eigenvalue weighted by Crippen LogP contribution is -2.52. The van der Waals surface area contributed by atoms with Crippen LogP contribution in [0.3, 0.4) is 0 Å². The van der Waals surface area contributed by atoms with Crippen LogP contribution >= 0.6 is 12.4 Å². The number of aromatic hydroxyl groups is 1. The van der Waals surface area contributed by atoms with Crippen LogP contribution in [0.2, 0.25) is 0 Å². The molecular weight excluding hydrogens is 476 g/mol. The highest BCUT2D eigenvalue weighted by atomic mass is 35.5. The van der Waals surface area contributed by atoms with Crippen molar-refractivity contribution in [2.75, 3.05) is 26.3 Å². The number of aromatic nitrogens is 5. The van der Waals surface area contributed by atoms with E-state index in [0.717, 1.165) is 79.1 Å². The predicted molar refractivity (Wildman–Crippen MR) is 141 cm³/mol. The summed E-state index contributed by atoms with van der Waals surface area (Å²) >= 11 is 0. The van der Waals surface area contributed by atoms with Gasteiger partial charge in [0.05, 0.1) is 23.3 Å². The highest BCUT2D eigenvalue weighted by molar-refractivity contribution is 5.85. The minimum atomic E-state index is 0. The summed E-state index contributed by atoms with van der Waals surface area (Å²) < 4.78 is 7.27. The zero-order valence-corrected chi connectivity index (χ0v) is 21.4. The molecule has 5 heterocycles. The number of benzene rings is 1. The molecule has 2 fully saturated rings. The Hall–Kier alpha value is -3.07. The smallest absolute Gasteiger partial charge is 0.125 e. The molecule has 1 aromatic carbocycles. The van der Waals surface area contributed by atoms with Gasteiger partial charge in [-0.25, -0.2) is 4.98 Å². The van der Waals surface area contributed by atoms with Crippen molar-refractivity contribution in [2.45, 2.75) is 38.1 Å². The SMILES string of the molecule is CCc1cc(-c2ccc(-c3ccc(C4CN(C5CCOCC5)C4)nn3)c(O)c2)nc2cn(C)nc12.Cl. The van der Waals surface area contributed by atoms with Crippen LogP contribution in [0.25, 0.3) is 33.5 Å². The number of ether oxygens (including phenoxy) is 1. The van der Waals surface area contributed by atoms with Gasteiger partial charge in [-0.05, 0) is 55.2 Å². The third-order valence-electron chi connectivity index (χ3n) is 7.34. The Morgan fingerprint density at radius 1 is 1.03 bits per heavy atom. The van der Waals surface area contributed by atoms with Gasteiger partial charge < -0.3 is 9.84 Å². The molecule has 0 bridgehead atoms. The number of phenols is 1. The first kappa shape index (κ1) is 24.6. The van der Waals surface area contributed by atoms with Crippen LogP contribution in [0.15, 0.2) is 42.6 Å². The van der Waals surface area contributed by atoms with E-state index in [2.05, 4.69) is 33.2 Å². The number of nitrogens with zero attached hydrogens (tertiary/aromatic N) is 6. The molecule has 188 valence electrons. The molecule has 0 aliphatic carbocycles. The molecule has 0 saturated carbocycles. The second-order valence-electron chi connectivity index (χ2n) is 9.63. The number of aryl methyl sites for hydroxylation is 2. The van der Waals surface area contributed by atoms with E-state index >= 15 is 0 Å². The number of halogens is 1. The van der Waals surface area contributed by atoms with Crippen LogP contribution in [-0.4, -0.2) is 67.3 Å². The molecule has 0 radical (unpaired) electrons. The summed E-state index contributed by atoms with van der Waals surface area (Å²) in [6.45, 7) is 5.93. The van der Waals surface area contributed by atoms with E-state index in [1.54, 1.807) is 10.7 Å². The Bertz CT molecular complexity index is 1360. The van der Waals surface area contributed by atoms with Crippen molar-refractivity contribution in [1.82, 2.24) is 29.9 Å². The summed E-state index contributed by atoms with van der Waals surface area (Å²) in [7, 11) is 1.90. The summed E-state index contributed by atoms with van der Waals surface area (Å²) in [5.41, 5.74) is 6.97. The van der Waals surface area contributed by atoms with Crippen molar-refractivity contribution in [3.8, 4) is 28.3 Å². The molecule has 0 amide bonds. The van der Waals surface area contributed by atoms with Crippen LogP contribution < -0.4 is 0 Å². The number of fused-ring (bicyclic) bond motifs is 1. The summed E-state index contributed by atoms with van der Waals surface area (Å²) in [5.74, 6) is 0.599. The van der Waals surface area contributed by atoms with Gasteiger partial charge >= 0.3 is 0 Å². The Morgan fingerprint density at radius 2 is 1.83 bits per heavy atom. The lowest BCUT2D eigenvalue weighted by Gasteiger charge is -2.45. The zero-order chi connectivity index (χ0) is 23.9. The molecule has 3 aromatic heterocycles. The van der Waals surface area contributed by atoms with Crippen molar-refractivity contribution in [1.29, 1.82) is 0 Å². The van der Waals surface area contributed by atoms with Crippen LogP contribution in [0.4, 0.5) is 0 Å². The number of hydrogen-bond acceptors (Lipinski definition) is 7. The molecule has 6 rings (SSSR count). The zero-order valence-electron chi connectivity index (χ0n) is 20.6. The molecule has 0 unspecified atom stereocenters. The van der Waals surface area contributed by atoms with Gasteiger partial charge in [0.15, 0.2) is 0 Å². The summed E-state index contributed by atoms with van der Waals surface area (Å²) in [4.78, 5) is 7.31. The van der Waals surface area contributed by atoms with Crippen molar-refractivity contribution in [3.05, 3.63) is 53.9 Å². The van der Waals surface area contributed by atoms with E-state index in [-0.39, 0.29) is 18.2 Å². The number of likely N-dealkylation sites (tertiary alicyclic amines) is 1. The average Bonchev–Trinajstić information content (AvgIpc) is 3.24. The lowest BCUT2D eigenvalue weighted by atomic mass is 9.91. The minimum absolute atomic E-state index is 0. The van der Waals surface area contributed by atoms with Gasteiger partial charge in [0.2, 0.25) is 0 Å². The maximum Gasteiger partial charge on any atom is 0.125 e. The van der Waals surface area contributed by atoms with Gasteiger partial charge in [-0.15, -0.1) is 12.4 Å². The monoisotopic (exact) mass is 506 g/mol. The van der Waals surface area contributed by atoms with Gasteiger partial charge in [-0.3, -0.25) is 9.58 Å². The Morgan fingerprint density at radius 3 is 2.53 bits per heavy atom. The van der Waals surface area contributed by atoms with Crippen molar-refractivity contribution in [2.24, 2.45) is 7.05 Å². The van der Waals surface area contributed by atoms with Crippen molar-refractivity contribution < 1.29 is 9.84 Å². The Labute approximate surface area is 216 Å². The Balaban J connectivity index is 0.00000267. The standard InChI is InChI=1S/C27H30N6O2.ClH/c1-3-17-12-24(28-25-16-32(2)31-27(17)25)18-4-5-21(26(34)13-18)23-7-6-22(29-30-23)19-14-33(15-19)20-8-10-35-11-9-20;/h4-7,12-13,16,19-20,34H,3,8-11,14-15H2,1-2H3;1H. The third kappa shape index (κ3) is 4.56. The van der Waals surface area contributed by atoms with E-state index in [9.17, 15) is 5.11 Å². The van der Waals surface area contributed by atoms with Gasteiger partial charge in [-0.2, -0.15) is 15.3 Å². The molecular formula is C27H31ClN6O2. The first-order chi connectivity index (χ1) is 17.1. The fourth-order valence-electron chi connectivity index (χ4n) is 5.26. The molecule has 1 N–H and O–H groups in total. The summed E-state index contributed by atoms with van der Waals surface area (Å²) in [6.07, 6.45) is 5.03. The van der Waals surface area contributed by atoms with E-state index in [1.807, 2.05) is 37.5 Å². The topological polar surface area (TPSA) is 89.2 Å².